The van der Waals surface area contributed by atoms with Crippen LogP contribution in [0.3, 0.4) is 0 Å². The summed E-state index contributed by atoms with van der Waals surface area (Å²) in [6.45, 7) is 3.78. The molecule has 1 amide bonds. The Labute approximate surface area is 165 Å². The summed E-state index contributed by atoms with van der Waals surface area (Å²) in [5, 5.41) is 7.53. The highest BCUT2D eigenvalue weighted by molar-refractivity contribution is 6.06. The van der Waals surface area contributed by atoms with Crippen LogP contribution in [0, 0.1) is 13.8 Å². The SMILES string of the molecule is Cc1nn(-c2ccccc2)c(C)c1C(=O)Nc1ccc(OC2CCCC2)cc1. The first kappa shape index (κ1) is 18.3. The number of carbonyl (C=O) groups excluding carboxylic acids is 1. The monoisotopic (exact) mass is 375 g/mol. The molecule has 144 valence electrons. The number of aryl methyl sites for hydroxylation is 1. The predicted octanol–water partition coefficient (Wildman–Crippen LogP) is 5.06. The fraction of sp³-hybridized carbons (Fsp3) is 0.304. The first-order valence-electron chi connectivity index (χ1n) is 9.81. The van der Waals surface area contributed by atoms with Crippen molar-refractivity contribution < 1.29 is 9.53 Å². The average molecular weight is 375 g/mol. The number of anilines is 1. The van der Waals surface area contributed by atoms with E-state index >= 15 is 0 Å². The third-order valence-corrected chi connectivity index (χ3v) is 5.24. The fourth-order valence-electron chi connectivity index (χ4n) is 3.80. The summed E-state index contributed by atoms with van der Waals surface area (Å²) >= 11 is 0. The van der Waals surface area contributed by atoms with E-state index in [0.717, 1.165) is 35.7 Å². The largest absolute Gasteiger partial charge is 0.490 e. The maximum Gasteiger partial charge on any atom is 0.259 e. The number of rotatable bonds is 5. The van der Waals surface area contributed by atoms with E-state index in [4.69, 9.17) is 4.74 Å². The molecule has 0 radical (unpaired) electrons. The Morgan fingerprint density at radius 3 is 2.39 bits per heavy atom. The van der Waals surface area contributed by atoms with Crippen molar-refractivity contribution in [1.82, 2.24) is 9.78 Å². The van der Waals surface area contributed by atoms with Crippen molar-refractivity contribution in [3.05, 3.63) is 71.5 Å². The predicted molar refractivity (Wildman–Crippen MR) is 110 cm³/mol. The van der Waals surface area contributed by atoms with Crippen LogP contribution in [0.15, 0.2) is 54.6 Å². The Morgan fingerprint density at radius 1 is 1.04 bits per heavy atom. The van der Waals surface area contributed by atoms with Gasteiger partial charge in [-0.2, -0.15) is 5.10 Å². The van der Waals surface area contributed by atoms with Crippen LogP contribution in [0.1, 0.15) is 47.4 Å². The van der Waals surface area contributed by atoms with Gasteiger partial charge in [-0.05, 0) is 75.9 Å². The highest BCUT2D eigenvalue weighted by atomic mass is 16.5. The Kier molecular flexibility index (Phi) is 5.15. The molecule has 1 heterocycles. The van der Waals surface area contributed by atoms with Gasteiger partial charge in [-0.3, -0.25) is 4.79 Å². The number of benzene rings is 2. The van der Waals surface area contributed by atoms with Crippen LogP contribution in [0.4, 0.5) is 5.69 Å². The first-order chi connectivity index (χ1) is 13.6. The van der Waals surface area contributed by atoms with Crippen molar-refractivity contribution in [2.24, 2.45) is 0 Å². The van der Waals surface area contributed by atoms with Crippen LogP contribution in [0.25, 0.3) is 5.69 Å². The Balaban J connectivity index is 1.48. The quantitative estimate of drug-likeness (QED) is 0.678. The second-order valence-corrected chi connectivity index (χ2v) is 7.30. The van der Waals surface area contributed by atoms with Crippen molar-refractivity contribution >= 4 is 11.6 Å². The van der Waals surface area contributed by atoms with Gasteiger partial charge in [-0.1, -0.05) is 18.2 Å². The molecule has 2 aromatic carbocycles. The lowest BCUT2D eigenvalue weighted by Crippen LogP contribution is -2.14. The number of ether oxygens (including phenoxy) is 1. The van der Waals surface area contributed by atoms with Crippen molar-refractivity contribution in [3.8, 4) is 11.4 Å². The lowest BCUT2D eigenvalue weighted by molar-refractivity contribution is 0.102. The van der Waals surface area contributed by atoms with Gasteiger partial charge >= 0.3 is 0 Å². The third-order valence-electron chi connectivity index (χ3n) is 5.24. The second-order valence-electron chi connectivity index (χ2n) is 7.30. The van der Waals surface area contributed by atoms with E-state index in [1.807, 2.05) is 73.1 Å². The summed E-state index contributed by atoms with van der Waals surface area (Å²) in [5.74, 6) is 0.704. The number of nitrogens with zero attached hydrogens (tertiary/aromatic N) is 2. The summed E-state index contributed by atoms with van der Waals surface area (Å²) in [7, 11) is 0. The van der Waals surface area contributed by atoms with Crippen LogP contribution in [0.5, 0.6) is 5.75 Å². The second kappa shape index (κ2) is 7.89. The normalized spacial score (nSPS) is 14.2. The highest BCUT2D eigenvalue weighted by Crippen LogP contribution is 2.25. The van der Waals surface area contributed by atoms with Crippen LogP contribution in [-0.2, 0) is 0 Å². The number of amides is 1. The molecule has 5 heteroatoms. The molecule has 0 atom stereocenters. The molecule has 0 spiro atoms. The van der Waals surface area contributed by atoms with Crippen molar-refractivity contribution in [2.45, 2.75) is 45.6 Å². The Hall–Kier alpha value is -3.08. The van der Waals surface area contributed by atoms with E-state index in [2.05, 4.69) is 10.4 Å². The first-order valence-corrected chi connectivity index (χ1v) is 9.81. The van der Waals surface area contributed by atoms with Crippen LogP contribution in [-0.4, -0.2) is 21.8 Å². The molecule has 1 saturated carbocycles. The van der Waals surface area contributed by atoms with Gasteiger partial charge in [0.25, 0.3) is 5.91 Å². The van der Waals surface area contributed by atoms with Gasteiger partial charge in [0.2, 0.25) is 0 Å². The lowest BCUT2D eigenvalue weighted by Gasteiger charge is -2.13. The molecular weight excluding hydrogens is 350 g/mol. The summed E-state index contributed by atoms with van der Waals surface area (Å²) in [6.07, 6.45) is 5.07. The van der Waals surface area contributed by atoms with E-state index in [1.54, 1.807) is 0 Å². The summed E-state index contributed by atoms with van der Waals surface area (Å²) in [4.78, 5) is 12.9. The number of para-hydroxylation sites is 1. The Bertz CT molecular complexity index is 956. The van der Waals surface area contributed by atoms with Gasteiger partial charge in [0.1, 0.15) is 5.75 Å². The van der Waals surface area contributed by atoms with E-state index < -0.39 is 0 Å². The topological polar surface area (TPSA) is 56.2 Å². The van der Waals surface area contributed by atoms with Gasteiger partial charge < -0.3 is 10.1 Å². The maximum absolute atomic E-state index is 12.9. The molecule has 0 aliphatic heterocycles. The molecule has 28 heavy (non-hydrogen) atoms. The standard InChI is InChI=1S/C23H25N3O2/c1-16-22(17(2)26(25-16)19-8-4-3-5-9-19)23(27)24-18-12-14-21(15-13-18)28-20-10-6-7-11-20/h3-5,8-9,12-15,20H,6-7,10-11H2,1-2H3,(H,24,27). The summed E-state index contributed by atoms with van der Waals surface area (Å²) in [6, 6.07) is 17.4. The van der Waals surface area contributed by atoms with Gasteiger partial charge in [0.15, 0.2) is 0 Å². The zero-order valence-corrected chi connectivity index (χ0v) is 16.3. The molecule has 4 rings (SSSR count). The zero-order valence-electron chi connectivity index (χ0n) is 16.3. The molecule has 0 bridgehead atoms. The molecular formula is C23H25N3O2. The number of hydrogen-bond acceptors (Lipinski definition) is 3. The maximum atomic E-state index is 12.9. The molecule has 0 saturated heterocycles. The molecule has 0 unspecified atom stereocenters. The minimum Gasteiger partial charge on any atom is -0.490 e. The third kappa shape index (κ3) is 3.79. The van der Waals surface area contributed by atoms with Crippen LogP contribution < -0.4 is 10.1 Å². The fourth-order valence-corrected chi connectivity index (χ4v) is 3.80. The van der Waals surface area contributed by atoms with E-state index in [0.29, 0.717) is 17.4 Å². The molecule has 1 aliphatic rings. The molecule has 1 aromatic heterocycles. The van der Waals surface area contributed by atoms with E-state index in [9.17, 15) is 4.79 Å². The smallest absolute Gasteiger partial charge is 0.259 e. The van der Waals surface area contributed by atoms with Gasteiger partial charge in [-0.25, -0.2) is 4.68 Å². The molecule has 5 nitrogen and oxygen atoms in total. The average Bonchev–Trinajstić information content (AvgIpc) is 3.31. The number of hydrogen-bond donors (Lipinski definition) is 1. The van der Waals surface area contributed by atoms with Crippen molar-refractivity contribution in [1.29, 1.82) is 0 Å². The van der Waals surface area contributed by atoms with E-state index in [-0.39, 0.29) is 5.91 Å². The zero-order chi connectivity index (χ0) is 19.5. The van der Waals surface area contributed by atoms with Gasteiger partial charge in [-0.15, -0.1) is 0 Å². The lowest BCUT2D eigenvalue weighted by atomic mass is 10.1. The number of aromatic nitrogens is 2. The number of nitrogens with one attached hydrogen (secondary N) is 1. The summed E-state index contributed by atoms with van der Waals surface area (Å²) in [5.41, 5.74) is 3.82. The molecule has 1 fully saturated rings. The minimum atomic E-state index is -0.151. The molecule has 3 aromatic rings. The van der Waals surface area contributed by atoms with Crippen molar-refractivity contribution in [3.63, 3.8) is 0 Å². The highest BCUT2D eigenvalue weighted by Gasteiger charge is 2.20. The Morgan fingerprint density at radius 2 is 1.71 bits per heavy atom. The van der Waals surface area contributed by atoms with Crippen LogP contribution in [0.2, 0.25) is 0 Å². The van der Waals surface area contributed by atoms with E-state index in [1.165, 1.54) is 12.8 Å². The van der Waals surface area contributed by atoms with Gasteiger partial charge in [0.05, 0.1) is 28.7 Å². The number of carbonyl (C=O) groups is 1. The minimum absolute atomic E-state index is 0.151. The van der Waals surface area contributed by atoms with Crippen molar-refractivity contribution in [2.75, 3.05) is 5.32 Å². The van der Waals surface area contributed by atoms with Crippen LogP contribution >= 0.6 is 0 Å². The summed E-state index contributed by atoms with van der Waals surface area (Å²) < 4.78 is 7.79. The molecule has 1 N–H and O–H groups in total. The van der Waals surface area contributed by atoms with Gasteiger partial charge in [0, 0.05) is 5.69 Å². The molecule has 1 aliphatic carbocycles.